The van der Waals surface area contributed by atoms with Gasteiger partial charge in [0.05, 0.1) is 18.6 Å². The Balaban J connectivity index is 1.48. The van der Waals surface area contributed by atoms with Gasteiger partial charge in [0.25, 0.3) is 11.8 Å². The zero-order valence-electron chi connectivity index (χ0n) is 18.3. The number of hydrogen-bond acceptors (Lipinski definition) is 7. The Morgan fingerprint density at radius 2 is 2.00 bits per heavy atom. The van der Waals surface area contributed by atoms with E-state index in [0.29, 0.717) is 16.9 Å². The number of urea groups is 1. The maximum atomic E-state index is 13.1. The number of carbonyl (C=O) groups is 3. The van der Waals surface area contributed by atoms with Gasteiger partial charge >= 0.3 is 6.03 Å². The fourth-order valence-corrected chi connectivity index (χ4v) is 5.61. The molecule has 11 nitrogen and oxygen atoms in total. The van der Waals surface area contributed by atoms with Crippen LogP contribution in [0.15, 0.2) is 52.7 Å². The van der Waals surface area contributed by atoms with Gasteiger partial charge in [-0.15, -0.1) is 0 Å². The summed E-state index contributed by atoms with van der Waals surface area (Å²) in [5, 5.41) is 10.2. The highest BCUT2D eigenvalue weighted by molar-refractivity contribution is 7.93. The number of amides is 4. The molecule has 1 saturated heterocycles. The second kappa shape index (κ2) is 7.43. The molecule has 12 heteroatoms. The first-order valence-electron chi connectivity index (χ1n) is 10.4. The van der Waals surface area contributed by atoms with Gasteiger partial charge in [0.2, 0.25) is 10.0 Å². The molecule has 4 N–H and O–H groups in total. The van der Waals surface area contributed by atoms with Crippen molar-refractivity contribution in [1.82, 2.24) is 15.5 Å². The molecule has 4 amide bonds. The summed E-state index contributed by atoms with van der Waals surface area (Å²) in [6.07, 6.45) is 4.00. The first-order valence-corrected chi connectivity index (χ1v) is 12.0. The highest BCUT2D eigenvalue weighted by Gasteiger charge is 2.55. The van der Waals surface area contributed by atoms with Crippen LogP contribution in [0.4, 0.5) is 4.79 Å². The molecule has 0 spiro atoms. The quantitative estimate of drug-likeness (QED) is 0.504. The van der Waals surface area contributed by atoms with E-state index in [0.717, 1.165) is 5.56 Å². The number of imide groups is 1. The Morgan fingerprint density at radius 1 is 1.24 bits per heavy atom. The van der Waals surface area contributed by atoms with Gasteiger partial charge in [-0.2, -0.15) is 0 Å². The molecule has 0 aromatic heterocycles. The van der Waals surface area contributed by atoms with Gasteiger partial charge in [-0.1, -0.05) is 12.1 Å². The van der Waals surface area contributed by atoms with E-state index in [1.807, 2.05) is 0 Å². The largest absolute Gasteiger partial charge is 0.497 e. The van der Waals surface area contributed by atoms with Crippen molar-refractivity contribution in [1.29, 1.82) is 0 Å². The number of methoxy groups -OCH3 is 1. The number of sulfonamides is 1. The number of nitrogens with two attached hydrogens (primary N) is 1. The number of hydrogen-bond donors (Lipinski definition) is 3. The van der Waals surface area contributed by atoms with E-state index in [1.54, 1.807) is 37.3 Å². The van der Waals surface area contributed by atoms with E-state index in [1.165, 1.54) is 18.1 Å². The van der Waals surface area contributed by atoms with Crippen LogP contribution < -0.4 is 20.5 Å². The molecule has 1 aliphatic carbocycles. The first kappa shape index (κ1) is 22.2. The van der Waals surface area contributed by atoms with Gasteiger partial charge in [-0.3, -0.25) is 14.9 Å². The van der Waals surface area contributed by atoms with Crippen LogP contribution >= 0.6 is 0 Å². The molecule has 5 rings (SSSR count). The van der Waals surface area contributed by atoms with Crippen LogP contribution in [0.5, 0.6) is 5.75 Å². The SMILES string of the molecule is COc1ccc2c(c1)C(=O)N(CC1(C3=CC4C=C(C)C(S(N)(=O)=O)=CC4O3)NC(=O)NC1=O)C2. The molecule has 3 aliphatic heterocycles. The number of nitrogens with zero attached hydrogens (tertiary/aromatic N) is 1. The van der Waals surface area contributed by atoms with E-state index in [2.05, 4.69) is 10.6 Å². The van der Waals surface area contributed by atoms with E-state index in [-0.39, 0.29) is 35.6 Å². The summed E-state index contributed by atoms with van der Waals surface area (Å²) in [6, 6.07) is 4.43. The third kappa shape index (κ3) is 3.37. The lowest BCUT2D eigenvalue weighted by molar-refractivity contribution is -0.124. The van der Waals surface area contributed by atoms with Gasteiger partial charge in [-0.05, 0) is 42.3 Å². The van der Waals surface area contributed by atoms with Crippen molar-refractivity contribution in [3.63, 3.8) is 0 Å². The molecular formula is C22H22N4O7S. The minimum Gasteiger partial charge on any atom is -0.497 e. The van der Waals surface area contributed by atoms with Crippen molar-refractivity contribution < 1.29 is 32.3 Å². The standard InChI is InChI=1S/C22H22N4O7S/c1-11-5-13-6-18(33-16(13)8-17(11)34(23,30)31)22(20(28)24-21(29)25-22)10-26-9-12-3-4-14(32-2)7-15(12)19(26)27/h3-8,13,16H,9-10H2,1-2H3,(H2,23,30,31)(H2,24,25,28,29). The Hall–Kier alpha value is -3.64. The van der Waals surface area contributed by atoms with E-state index in [4.69, 9.17) is 14.6 Å². The minimum atomic E-state index is -3.97. The van der Waals surface area contributed by atoms with Crippen molar-refractivity contribution in [2.75, 3.05) is 13.7 Å². The molecule has 0 bridgehead atoms. The van der Waals surface area contributed by atoms with Crippen LogP contribution in [0.1, 0.15) is 22.8 Å². The number of nitrogens with one attached hydrogen (secondary N) is 2. The van der Waals surface area contributed by atoms with Crippen LogP contribution in [0.25, 0.3) is 0 Å². The lowest BCUT2D eigenvalue weighted by Crippen LogP contribution is -2.57. The summed E-state index contributed by atoms with van der Waals surface area (Å²) in [4.78, 5) is 39.7. The molecule has 1 aromatic rings. The molecule has 1 fully saturated rings. The number of carbonyl (C=O) groups excluding carboxylic acids is 3. The lowest BCUT2D eigenvalue weighted by atomic mass is 9.91. The third-order valence-electron chi connectivity index (χ3n) is 6.43. The Labute approximate surface area is 195 Å². The first-order chi connectivity index (χ1) is 16.0. The maximum Gasteiger partial charge on any atom is 0.322 e. The van der Waals surface area contributed by atoms with Crippen LogP contribution in [-0.2, 0) is 26.1 Å². The summed E-state index contributed by atoms with van der Waals surface area (Å²) >= 11 is 0. The fraction of sp³-hybridized carbons (Fsp3) is 0.318. The number of fused-ring (bicyclic) bond motifs is 2. The molecule has 3 unspecified atom stereocenters. The van der Waals surface area contributed by atoms with Gasteiger partial charge in [0.1, 0.15) is 17.6 Å². The monoisotopic (exact) mass is 486 g/mol. The van der Waals surface area contributed by atoms with E-state index < -0.39 is 33.6 Å². The van der Waals surface area contributed by atoms with Crippen LogP contribution in [0.3, 0.4) is 0 Å². The second-order valence-corrected chi connectivity index (χ2v) is 10.1. The molecule has 178 valence electrons. The second-order valence-electron chi connectivity index (χ2n) is 8.61. The van der Waals surface area contributed by atoms with Gasteiger partial charge < -0.3 is 19.7 Å². The summed E-state index contributed by atoms with van der Waals surface area (Å²) in [5.41, 5.74) is -0.000482. The Kier molecular flexibility index (Phi) is 4.85. The minimum absolute atomic E-state index is 0.0588. The molecular weight excluding hydrogens is 464 g/mol. The smallest absolute Gasteiger partial charge is 0.322 e. The van der Waals surface area contributed by atoms with Crippen LogP contribution in [0, 0.1) is 5.92 Å². The van der Waals surface area contributed by atoms with Crippen molar-refractivity contribution in [3.05, 3.63) is 63.8 Å². The molecule has 1 aromatic carbocycles. The van der Waals surface area contributed by atoms with Gasteiger partial charge in [0, 0.05) is 18.0 Å². The summed E-state index contributed by atoms with van der Waals surface area (Å²) in [6.45, 7) is 1.67. The van der Waals surface area contributed by atoms with Crippen molar-refractivity contribution >= 4 is 27.9 Å². The summed E-state index contributed by atoms with van der Waals surface area (Å²) in [5.74, 6) is -0.701. The topological polar surface area (TPSA) is 157 Å². The van der Waals surface area contributed by atoms with Crippen LogP contribution in [-0.4, -0.2) is 56.5 Å². The Morgan fingerprint density at radius 3 is 2.65 bits per heavy atom. The maximum absolute atomic E-state index is 13.1. The van der Waals surface area contributed by atoms with Crippen molar-refractivity contribution in [2.24, 2.45) is 11.1 Å². The fourth-order valence-electron chi connectivity index (χ4n) is 4.77. The van der Waals surface area contributed by atoms with Gasteiger partial charge in [-0.25, -0.2) is 18.4 Å². The number of benzene rings is 1. The molecule has 0 saturated carbocycles. The predicted molar refractivity (Wildman–Crippen MR) is 119 cm³/mol. The molecule has 0 radical (unpaired) electrons. The summed E-state index contributed by atoms with van der Waals surface area (Å²) in [7, 11) is -2.47. The number of ether oxygens (including phenoxy) is 2. The third-order valence-corrected chi connectivity index (χ3v) is 7.50. The Bertz CT molecular complexity index is 1350. The highest BCUT2D eigenvalue weighted by Crippen LogP contribution is 2.40. The average Bonchev–Trinajstić information content (AvgIpc) is 3.40. The van der Waals surface area contributed by atoms with E-state index >= 15 is 0 Å². The zero-order chi connectivity index (χ0) is 24.4. The number of primary sulfonamides is 1. The highest BCUT2D eigenvalue weighted by atomic mass is 32.2. The predicted octanol–water partition coefficient (Wildman–Crippen LogP) is 0.260. The molecule has 34 heavy (non-hydrogen) atoms. The average molecular weight is 487 g/mol. The van der Waals surface area contributed by atoms with Crippen molar-refractivity contribution in [3.8, 4) is 5.75 Å². The number of rotatable bonds is 5. The molecule has 4 aliphatic rings. The van der Waals surface area contributed by atoms with Crippen molar-refractivity contribution in [2.45, 2.75) is 25.1 Å². The molecule has 3 heterocycles. The lowest BCUT2D eigenvalue weighted by Gasteiger charge is -2.32. The normalized spacial score (nSPS) is 27.8. The van der Waals surface area contributed by atoms with Gasteiger partial charge in [0.15, 0.2) is 5.54 Å². The van der Waals surface area contributed by atoms with Crippen LogP contribution in [0.2, 0.25) is 0 Å². The zero-order valence-corrected chi connectivity index (χ0v) is 19.1. The number of allylic oxidation sites excluding steroid dienone is 1. The molecule has 3 atom stereocenters. The summed E-state index contributed by atoms with van der Waals surface area (Å²) < 4.78 is 35.0. The van der Waals surface area contributed by atoms with E-state index in [9.17, 15) is 22.8 Å².